The van der Waals surface area contributed by atoms with Crippen LogP contribution in [0.15, 0.2) is 57.8 Å². The number of hydrogen-bond acceptors (Lipinski definition) is 4. The van der Waals surface area contributed by atoms with Gasteiger partial charge in [-0.3, -0.25) is 4.79 Å². The molecule has 0 spiro atoms. The van der Waals surface area contributed by atoms with Gasteiger partial charge >= 0.3 is 0 Å². The van der Waals surface area contributed by atoms with Crippen LogP contribution in [-0.2, 0) is 14.8 Å². The number of aryl methyl sites for hydroxylation is 1. The summed E-state index contributed by atoms with van der Waals surface area (Å²) in [5.74, 6) is 0.229. The van der Waals surface area contributed by atoms with E-state index in [0.717, 1.165) is 11.3 Å². The number of carbonyl (C=O) groups is 1. The summed E-state index contributed by atoms with van der Waals surface area (Å²) in [6.45, 7) is 5.80. The summed E-state index contributed by atoms with van der Waals surface area (Å²) in [5, 5.41) is 5.97. The molecule has 2 N–H and O–H groups in total. The molecule has 27 heavy (non-hydrogen) atoms. The topological polar surface area (TPSA) is 87.6 Å². The Kier molecular flexibility index (Phi) is 5.06. The number of fused-ring (bicyclic) bond motifs is 1. The minimum Gasteiger partial charge on any atom is -0.342 e. The van der Waals surface area contributed by atoms with Gasteiger partial charge in [-0.15, -0.1) is 4.40 Å². The van der Waals surface area contributed by atoms with Crippen LogP contribution in [0.4, 0.5) is 11.4 Å². The van der Waals surface area contributed by atoms with Gasteiger partial charge in [-0.2, -0.15) is 8.42 Å². The Bertz CT molecular complexity index is 1010. The van der Waals surface area contributed by atoms with Crippen molar-refractivity contribution in [1.29, 1.82) is 0 Å². The normalized spacial score (nSPS) is 15.3. The summed E-state index contributed by atoms with van der Waals surface area (Å²) in [5.41, 5.74) is 1.86. The first-order valence-corrected chi connectivity index (χ1v) is 10.2. The third kappa shape index (κ3) is 4.74. The first-order valence-electron chi connectivity index (χ1n) is 8.71. The number of amides is 1. The molecule has 2 aromatic carbocycles. The Morgan fingerprint density at radius 2 is 1.89 bits per heavy atom. The van der Waals surface area contributed by atoms with Crippen molar-refractivity contribution in [2.24, 2.45) is 9.81 Å². The predicted molar refractivity (Wildman–Crippen MR) is 108 cm³/mol. The van der Waals surface area contributed by atoms with Crippen molar-refractivity contribution >= 4 is 33.1 Å². The molecule has 142 valence electrons. The fourth-order valence-corrected chi connectivity index (χ4v) is 4.27. The summed E-state index contributed by atoms with van der Waals surface area (Å²) in [6, 6.07) is 14.3. The molecule has 1 aliphatic heterocycles. The second-order valence-corrected chi connectivity index (χ2v) is 9.14. The van der Waals surface area contributed by atoms with Crippen LogP contribution in [0.2, 0.25) is 0 Å². The standard InChI is InChI=1S/C20H23N3O3S/c1-14-7-6-8-15(11-14)21-19(24)13-20(2,3)12-18-22-16-9-4-5-10-17(16)27(25,26)23-18/h4-11H,12-13H2,1-3H3,(H,21,24)(H,22,23). The Morgan fingerprint density at radius 3 is 2.63 bits per heavy atom. The molecular weight excluding hydrogens is 362 g/mol. The molecule has 0 saturated heterocycles. The van der Waals surface area contributed by atoms with E-state index in [0.29, 0.717) is 17.9 Å². The van der Waals surface area contributed by atoms with Gasteiger partial charge < -0.3 is 10.6 Å². The number of hydrogen-bond donors (Lipinski definition) is 2. The van der Waals surface area contributed by atoms with Gasteiger partial charge in [0.15, 0.2) is 0 Å². The number of amidine groups is 1. The highest BCUT2D eigenvalue weighted by molar-refractivity contribution is 7.90. The molecule has 0 atom stereocenters. The lowest BCUT2D eigenvalue weighted by Crippen LogP contribution is -2.30. The number of nitrogens with one attached hydrogen (secondary N) is 2. The van der Waals surface area contributed by atoms with Crippen LogP contribution in [0.5, 0.6) is 0 Å². The highest BCUT2D eigenvalue weighted by Crippen LogP contribution is 2.32. The molecule has 1 aliphatic rings. The molecule has 2 aromatic rings. The van der Waals surface area contributed by atoms with Crippen molar-refractivity contribution < 1.29 is 13.2 Å². The largest absolute Gasteiger partial charge is 0.342 e. The third-order valence-corrected chi connectivity index (χ3v) is 5.63. The maximum Gasteiger partial charge on any atom is 0.286 e. The second-order valence-electron chi connectivity index (χ2n) is 7.57. The maximum absolute atomic E-state index is 12.4. The second kappa shape index (κ2) is 7.15. The fourth-order valence-electron chi connectivity index (χ4n) is 3.12. The molecule has 6 nitrogen and oxygen atoms in total. The van der Waals surface area contributed by atoms with E-state index in [1.54, 1.807) is 18.2 Å². The number of para-hydroxylation sites is 1. The molecule has 3 rings (SSSR count). The van der Waals surface area contributed by atoms with Crippen molar-refractivity contribution in [3.8, 4) is 0 Å². The van der Waals surface area contributed by atoms with E-state index in [9.17, 15) is 13.2 Å². The van der Waals surface area contributed by atoms with Crippen molar-refractivity contribution in [2.75, 3.05) is 10.6 Å². The van der Waals surface area contributed by atoms with E-state index in [2.05, 4.69) is 15.0 Å². The van der Waals surface area contributed by atoms with E-state index in [1.807, 2.05) is 45.0 Å². The number of sulfonamides is 1. The predicted octanol–water partition coefficient (Wildman–Crippen LogP) is 3.95. The molecule has 0 saturated carbocycles. The van der Waals surface area contributed by atoms with E-state index < -0.39 is 15.4 Å². The number of nitrogens with zero attached hydrogens (tertiary/aromatic N) is 1. The smallest absolute Gasteiger partial charge is 0.286 e. The Morgan fingerprint density at radius 1 is 1.15 bits per heavy atom. The SMILES string of the molecule is Cc1cccc(NC(=O)CC(C)(C)CC2=NS(=O)(=O)c3ccccc3N2)c1. The lowest BCUT2D eigenvalue weighted by Gasteiger charge is -2.27. The van der Waals surface area contributed by atoms with Crippen molar-refractivity contribution in [1.82, 2.24) is 0 Å². The number of anilines is 2. The molecule has 0 radical (unpaired) electrons. The highest BCUT2D eigenvalue weighted by Gasteiger charge is 2.30. The quantitative estimate of drug-likeness (QED) is 0.816. The van der Waals surface area contributed by atoms with Crippen LogP contribution in [0.25, 0.3) is 0 Å². The lowest BCUT2D eigenvalue weighted by atomic mass is 9.84. The summed E-state index contributed by atoms with van der Waals surface area (Å²) in [7, 11) is -3.72. The average Bonchev–Trinajstić information content (AvgIpc) is 2.53. The minimum atomic E-state index is -3.72. The van der Waals surface area contributed by atoms with Gasteiger partial charge in [0.1, 0.15) is 10.7 Å². The minimum absolute atomic E-state index is 0.120. The van der Waals surface area contributed by atoms with Crippen LogP contribution in [0, 0.1) is 12.3 Å². The first-order chi connectivity index (χ1) is 12.6. The van der Waals surface area contributed by atoms with Gasteiger partial charge in [0.25, 0.3) is 10.0 Å². The Labute approximate surface area is 159 Å². The van der Waals surface area contributed by atoms with Gasteiger partial charge in [-0.25, -0.2) is 0 Å². The summed E-state index contributed by atoms with van der Waals surface area (Å²) < 4.78 is 28.6. The van der Waals surface area contributed by atoms with Crippen LogP contribution in [-0.4, -0.2) is 20.2 Å². The van der Waals surface area contributed by atoms with E-state index in [4.69, 9.17) is 0 Å². The highest BCUT2D eigenvalue weighted by atomic mass is 32.2. The van der Waals surface area contributed by atoms with Gasteiger partial charge in [-0.05, 0) is 42.2 Å². The molecule has 0 unspecified atom stereocenters. The van der Waals surface area contributed by atoms with Crippen LogP contribution in [0.1, 0.15) is 32.3 Å². The molecule has 0 bridgehead atoms. The van der Waals surface area contributed by atoms with Crippen LogP contribution >= 0.6 is 0 Å². The molecule has 1 amide bonds. The van der Waals surface area contributed by atoms with Crippen LogP contribution in [0.3, 0.4) is 0 Å². The molecule has 7 heteroatoms. The summed E-state index contributed by atoms with van der Waals surface area (Å²) in [6.07, 6.45) is 0.575. The van der Waals surface area contributed by atoms with E-state index in [1.165, 1.54) is 6.07 Å². The van der Waals surface area contributed by atoms with Crippen molar-refractivity contribution in [3.05, 3.63) is 54.1 Å². The molecule has 0 aliphatic carbocycles. The molecule has 1 heterocycles. The molecular formula is C20H23N3O3S. The number of rotatable bonds is 5. The van der Waals surface area contributed by atoms with Crippen LogP contribution < -0.4 is 10.6 Å². The van der Waals surface area contributed by atoms with Crippen molar-refractivity contribution in [2.45, 2.75) is 38.5 Å². The average molecular weight is 385 g/mol. The zero-order valence-electron chi connectivity index (χ0n) is 15.6. The van der Waals surface area contributed by atoms with Crippen molar-refractivity contribution in [3.63, 3.8) is 0 Å². The maximum atomic E-state index is 12.4. The molecule has 0 fully saturated rings. The lowest BCUT2D eigenvalue weighted by molar-refractivity contribution is -0.117. The molecule has 0 aromatic heterocycles. The van der Waals surface area contributed by atoms with Gasteiger partial charge in [0, 0.05) is 18.5 Å². The number of benzene rings is 2. The fraction of sp³-hybridized carbons (Fsp3) is 0.300. The zero-order chi connectivity index (χ0) is 19.7. The monoisotopic (exact) mass is 385 g/mol. The first kappa shape index (κ1) is 19.1. The summed E-state index contributed by atoms with van der Waals surface area (Å²) >= 11 is 0. The summed E-state index contributed by atoms with van der Waals surface area (Å²) in [4.78, 5) is 12.6. The number of carbonyl (C=O) groups excluding carboxylic acids is 1. The Balaban J connectivity index is 1.69. The van der Waals surface area contributed by atoms with E-state index in [-0.39, 0.29) is 17.2 Å². The van der Waals surface area contributed by atoms with Gasteiger partial charge in [-0.1, -0.05) is 38.1 Å². The zero-order valence-corrected chi connectivity index (χ0v) is 16.4. The van der Waals surface area contributed by atoms with Gasteiger partial charge in [0.2, 0.25) is 5.91 Å². The Hall–Kier alpha value is -2.67. The van der Waals surface area contributed by atoms with E-state index >= 15 is 0 Å². The third-order valence-electron chi connectivity index (χ3n) is 4.26. The van der Waals surface area contributed by atoms with Gasteiger partial charge in [0.05, 0.1) is 5.69 Å².